The van der Waals surface area contributed by atoms with Crippen LogP contribution in [-0.2, 0) is 20.9 Å². The highest BCUT2D eigenvalue weighted by Crippen LogP contribution is 2.27. The van der Waals surface area contributed by atoms with E-state index in [2.05, 4.69) is 0 Å². The van der Waals surface area contributed by atoms with E-state index in [0.29, 0.717) is 13.0 Å². The lowest BCUT2D eigenvalue weighted by Crippen LogP contribution is -2.39. The number of hydrogen-bond donors (Lipinski definition) is 1. The van der Waals surface area contributed by atoms with Crippen molar-refractivity contribution in [3.8, 4) is 0 Å². The smallest absolute Gasteiger partial charge is 0.330 e. The molecule has 1 N–H and O–H groups in total. The molecule has 4 nitrogen and oxygen atoms in total. The van der Waals surface area contributed by atoms with Gasteiger partial charge in [-0.2, -0.15) is 0 Å². The van der Waals surface area contributed by atoms with E-state index in [0.717, 1.165) is 11.1 Å². The highest BCUT2D eigenvalue weighted by Gasteiger charge is 2.33. The summed E-state index contributed by atoms with van der Waals surface area (Å²) in [6.07, 6.45) is 1.66. The van der Waals surface area contributed by atoms with Gasteiger partial charge in [-0.25, -0.2) is 4.79 Å². The first kappa shape index (κ1) is 16.4. The third kappa shape index (κ3) is 4.10. The molecule has 1 aliphatic rings. The second-order valence-electron chi connectivity index (χ2n) is 5.73. The van der Waals surface area contributed by atoms with Crippen molar-refractivity contribution in [1.29, 1.82) is 0 Å². The summed E-state index contributed by atoms with van der Waals surface area (Å²) in [5, 5.41) is 10.8. The lowest BCUT2D eigenvalue weighted by atomic mass is 9.97. The Bertz CT molecular complexity index is 681. The Labute approximate surface area is 141 Å². The minimum Gasteiger partial charge on any atom is -0.456 e. The minimum atomic E-state index is -0.876. The van der Waals surface area contributed by atoms with E-state index in [1.165, 1.54) is 6.08 Å². The summed E-state index contributed by atoms with van der Waals surface area (Å²) in [6.45, 7) is 0.340. The summed E-state index contributed by atoms with van der Waals surface area (Å²) >= 11 is 0. The van der Waals surface area contributed by atoms with Crippen molar-refractivity contribution in [2.24, 2.45) is 0 Å². The zero-order valence-corrected chi connectivity index (χ0v) is 13.2. The molecule has 1 aliphatic heterocycles. The Morgan fingerprint density at radius 3 is 2.42 bits per heavy atom. The number of hydrogen-bond acceptors (Lipinski definition) is 4. The van der Waals surface area contributed by atoms with Crippen LogP contribution in [0.4, 0.5) is 0 Å². The van der Waals surface area contributed by atoms with Gasteiger partial charge in [-0.3, -0.25) is 0 Å². The molecule has 124 valence electrons. The molecule has 0 aromatic heterocycles. The molecule has 0 radical (unpaired) electrons. The molecule has 2 aromatic rings. The van der Waals surface area contributed by atoms with Crippen molar-refractivity contribution in [2.75, 3.05) is 0 Å². The maximum atomic E-state index is 11.6. The topological polar surface area (TPSA) is 55.8 Å². The Morgan fingerprint density at radius 2 is 1.75 bits per heavy atom. The molecule has 4 heteroatoms. The number of aliphatic hydroxyl groups is 1. The average molecular weight is 324 g/mol. The highest BCUT2D eigenvalue weighted by atomic mass is 16.6. The Hall–Kier alpha value is -2.43. The number of carbonyl (C=O) groups excluding carboxylic acids is 1. The van der Waals surface area contributed by atoms with Crippen LogP contribution in [0, 0.1) is 0 Å². The van der Waals surface area contributed by atoms with E-state index in [9.17, 15) is 9.90 Å². The van der Waals surface area contributed by atoms with E-state index in [1.807, 2.05) is 60.7 Å². The number of benzene rings is 2. The first-order valence-corrected chi connectivity index (χ1v) is 8.00. The van der Waals surface area contributed by atoms with Gasteiger partial charge in [-0.1, -0.05) is 66.7 Å². The number of carbonyl (C=O) groups is 1. The monoisotopic (exact) mass is 324 g/mol. The average Bonchev–Trinajstić information content (AvgIpc) is 2.63. The lowest BCUT2D eigenvalue weighted by Gasteiger charge is -2.31. The van der Waals surface area contributed by atoms with Crippen LogP contribution in [0.15, 0.2) is 72.8 Å². The normalized spacial score (nSPS) is 19.5. The quantitative estimate of drug-likeness (QED) is 0.829. The summed E-state index contributed by atoms with van der Waals surface area (Å²) in [7, 11) is 0. The van der Waals surface area contributed by atoms with Crippen molar-refractivity contribution in [3.63, 3.8) is 0 Å². The van der Waals surface area contributed by atoms with Gasteiger partial charge in [0.15, 0.2) is 0 Å². The molecular formula is C20H20O4. The van der Waals surface area contributed by atoms with Crippen molar-refractivity contribution >= 4 is 5.97 Å². The van der Waals surface area contributed by atoms with Crippen molar-refractivity contribution in [2.45, 2.75) is 31.3 Å². The number of esters is 1. The number of cyclic esters (lactones) is 1. The van der Waals surface area contributed by atoms with Gasteiger partial charge in [0.25, 0.3) is 0 Å². The molecule has 0 spiro atoms. The second-order valence-corrected chi connectivity index (χ2v) is 5.73. The first-order valence-electron chi connectivity index (χ1n) is 8.00. The molecule has 2 aromatic carbocycles. The fraction of sp³-hybridized carbons (Fsp3) is 0.250. The van der Waals surface area contributed by atoms with Gasteiger partial charge in [0.1, 0.15) is 18.3 Å². The molecule has 0 saturated heterocycles. The molecule has 1 heterocycles. The summed E-state index contributed by atoms with van der Waals surface area (Å²) in [5.74, 6) is -0.403. The molecule has 3 rings (SSSR count). The third-order valence-electron chi connectivity index (χ3n) is 3.99. The molecule has 0 bridgehead atoms. The maximum Gasteiger partial charge on any atom is 0.330 e. The van der Waals surface area contributed by atoms with Crippen molar-refractivity contribution in [1.82, 2.24) is 0 Å². The summed E-state index contributed by atoms with van der Waals surface area (Å²) in [4.78, 5) is 11.6. The summed E-state index contributed by atoms with van der Waals surface area (Å²) in [5.41, 5.74) is 1.74. The molecule has 0 amide bonds. The minimum absolute atomic E-state index is 0.340. The van der Waals surface area contributed by atoms with Crippen LogP contribution in [0.5, 0.6) is 0 Å². The second kappa shape index (κ2) is 7.90. The molecule has 0 saturated carbocycles. The molecule has 3 atom stereocenters. The van der Waals surface area contributed by atoms with Crippen LogP contribution in [0.1, 0.15) is 23.7 Å². The Kier molecular flexibility index (Phi) is 5.41. The predicted octanol–water partition coefficient (Wildman–Crippen LogP) is 3.18. The van der Waals surface area contributed by atoms with Gasteiger partial charge in [0.2, 0.25) is 0 Å². The Balaban J connectivity index is 1.77. The number of ether oxygens (including phenoxy) is 2. The number of rotatable bonds is 6. The fourth-order valence-corrected chi connectivity index (χ4v) is 2.74. The summed E-state index contributed by atoms with van der Waals surface area (Å²) in [6, 6.07) is 19.0. The lowest BCUT2D eigenvalue weighted by molar-refractivity contribution is -0.163. The van der Waals surface area contributed by atoms with Crippen molar-refractivity contribution < 1.29 is 19.4 Å². The maximum absolute atomic E-state index is 11.6. The van der Waals surface area contributed by atoms with Crippen LogP contribution in [0.2, 0.25) is 0 Å². The van der Waals surface area contributed by atoms with E-state index < -0.39 is 24.3 Å². The van der Waals surface area contributed by atoms with Gasteiger partial charge >= 0.3 is 5.97 Å². The van der Waals surface area contributed by atoms with Crippen LogP contribution in [0.25, 0.3) is 0 Å². The molecular weight excluding hydrogens is 304 g/mol. The van der Waals surface area contributed by atoms with Gasteiger partial charge in [-0.15, -0.1) is 0 Å². The molecule has 0 fully saturated rings. The first-order chi connectivity index (χ1) is 11.7. The summed E-state index contributed by atoms with van der Waals surface area (Å²) < 4.78 is 11.3. The van der Waals surface area contributed by atoms with Crippen LogP contribution in [-0.4, -0.2) is 23.3 Å². The van der Waals surface area contributed by atoms with E-state index in [-0.39, 0.29) is 0 Å². The van der Waals surface area contributed by atoms with Crippen molar-refractivity contribution in [3.05, 3.63) is 83.9 Å². The fourth-order valence-electron chi connectivity index (χ4n) is 2.74. The van der Waals surface area contributed by atoms with Gasteiger partial charge < -0.3 is 14.6 Å². The Morgan fingerprint density at radius 1 is 1.08 bits per heavy atom. The van der Waals surface area contributed by atoms with Crippen LogP contribution < -0.4 is 0 Å². The highest BCUT2D eigenvalue weighted by molar-refractivity contribution is 5.82. The molecule has 0 aliphatic carbocycles. The van der Waals surface area contributed by atoms with E-state index >= 15 is 0 Å². The number of aliphatic hydroxyl groups excluding tert-OH is 1. The zero-order valence-electron chi connectivity index (χ0n) is 13.2. The van der Waals surface area contributed by atoms with Crippen LogP contribution in [0.3, 0.4) is 0 Å². The SMILES string of the molecule is O=C1C=CC[C@H]([C@H](OCc2ccccc2)[C@@H](O)c2ccccc2)O1. The van der Waals surface area contributed by atoms with E-state index in [1.54, 1.807) is 6.08 Å². The largest absolute Gasteiger partial charge is 0.456 e. The molecule has 24 heavy (non-hydrogen) atoms. The zero-order chi connectivity index (χ0) is 16.8. The van der Waals surface area contributed by atoms with Gasteiger partial charge in [0, 0.05) is 12.5 Å². The predicted molar refractivity (Wildman–Crippen MR) is 90.1 cm³/mol. The molecule has 0 unspecified atom stereocenters. The standard InChI is InChI=1S/C20H20O4/c21-18-13-7-12-17(24-18)20(19(22)16-10-5-2-6-11-16)23-14-15-8-3-1-4-9-15/h1-11,13,17,19-20,22H,12,14H2/t17-,19+,20+/m1/s1. The van der Waals surface area contributed by atoms with Gasteiger partial charge in [0.05, 0.1) is 6.61 Å². The third-order valence-corrected chi connectivity index (χ3v) is 3.99. The van der Waals surface area contributed by atoms with Crippen LogP contribution >= 0.6 is 0 Å². The van der Waals surface area contributed by atoms with E-state index in [4.69, 9.17) is 9.47 Å². The van der Waals surface area contributed by atoms with Gasteiger partial charge in [-0.05, 0) is 11.1 Å².